The van der Waals surface area contributed by atoms with Crippen LogP contribution >= 0.6 is 0 Å². The van der Waals surface area contributed by atoms with E-state index in [-0.39, 0.29) is 5.91 Å². The summed E-state index contributed by atoms with van der Waals surface area (Å²) in [4.78, 5) is 13.2. The van der Waals surface area contributed by atoms with Gasteiger partial charge in [0.25, 0.3) is 0 Å². The van der Waals surface area contributed by atoms with E-state index in [0.29, 0.717) is 18.4 Å². The van der Waals surface area contributed by atoms with E-state index < -0.39 is 0 Å². The molecule has 0 aliphatic carbocycles. The third-order valence-corrected chi connectivity index (χ3v) is 1.72. The number of amides is 1. The van der Waals surface area contributed by atoms with Crippen LogP contribution in [-0.2, 0) is 4.79 Å². The standard InChI is InChI=1S/C10H20NO/c1-6-10(12)11(9(4)5)7-8(2)3/h8-9H,1,6-7H2,2-5H3. The normalized spacial score (nSPS) is 10.9. The lowest BCUT2D eigenvalue weighted by Gasteiger charge is -2.28. The molecular weight excluding hydrogens is 150 g/mol. The monoisotopic (exact) mass is 170 g/mol. The van der Waals surface area contributed by atoms with E-state index in [9.17, 15) is 4.79 Å². The minimum atomic E-state index is 0.152. The Morgan fingerprint density at radius 3 is 2.08 bits per heavy atom. The third kappa shape index (κ3) is 3.74. The lowest BCUT2D eigenvalue weighted by atomic mass is 10.1. The van der Waals surface area contributed by atoms with Gasteiger partial charge in [-0.2, -0.15) is 0 Å². The van der Waals surface area contributed by atoms with Crippen LogP contribution in [0.25, 0.3) is 0 Å². The molecule has 0 saturated heterocycles. The smallest absolute Gasteiger partial charge is 0.222 e. The van der Waals surface area contributed by atoms with Gasteiger partial charge in [-0.1, -0.05) is 13.8 Å². The van der Waals surface area contributed by atoms with Gasteiger partial charge in [0.05, 0.1) is 0 Å². The highest BCUT2D eigenvalue weighted by atomic mass is 16.2. The van der Waals surface area contributed by atoms with Gasteiger partial charge < -0.3 is 4.90 Å². The zero-order valence-corrected chi connectivity index (χ0v) is 8.63. The molecule has 1 amide bonds. The largest absolute Gasteiger partial charge is 0.340 e. The fourth-order valence-electron chi connectivity index (χ4n) is 1.14. The second kappa shape index (κ2) is 5.18. The van der Waals surface area contributed by atoms with E-state index in [4.69, 9.17) is 0 Å². The summed E-state index contributed by atoms with van der Waals surface area (Å²) in [5, 5.41) is 0. The van der Waals surface area contributed by atoms with Gasteiger partial charge in [0.1, 0.15) is 0 Å². The molecule has 0 heterocycles. The third-order valence-electron chi connectivity index (χ3n) is 1.72. The van der Waals surface area contributed by atoms with E-state index >= 15 is 0 Å². The molecule has 2 heteroatoms. The maximum atomic E-state index is 11.4. The molecular formula is C10H20NO. The minimum Gasteiger partial charge on any atom is -0.340 e. The zero-order chi connectivity index (χ0) is 9.72. The quantitative estimate of drug-likeness (QED) is 0.632. The Labute approximate surface area is 75.9 Å². The Morgan fingerprint density at radius 1 is 1.33 bits per heavy atom. The molecule has 0 saturated carbocycles. The van der Waals surface area contributed by atoms with Crippen LogP contribution < -0.4 is 0 Å². The Hall–Kier alpha value is -0.530. The van der Waals surface area contributed by atoms with E-state index in [0.717, 1.165) is 6.54 Å². The number of nitrogens with zero attached hydrogens (tertiary/aromatic N) is 1. The highest BCUT2D eigenvalue weighted by Crippen LogP contribution is 2.05. The van der Waals surface area contributed by atoms with Gasteiger partial charge in [0, 0.05) is 19.0 Å². The molecule has 0 aromatic heterocycles. The Bertz CT molecular complexity index is 141. The molecule has 0 N–H and O–H groups in total. The molecule has 0 aromatic carbocycles. The van der Waals surface area contributed by atoms with Gasteiger partial charge in [-0.15, -0.1) is 0 Å². The summed E-state index contributed by atoms with van der Waals surface area (Å²) in [6.07, 6.45) is 0.366. The van der Waals surface area contributed by atoms with Crippen molar-refractivity contribution in [3.05, 3.63) is 6.92 Å². The molecule has 0 rings (SSSR count). The topological polar surface area (TPSA) is 20.3 Å². The molecule has 0 spiro atoms. The van der Waals surface area contributed by atoms with Crippen molar-refractivity contribution in [1.82, 2.24) is 4.90 Å². The lowest BCUT2D eigenvalue weighted by Crippen LogP contribution is -2.39. The fraction of sp³-hybridized carbons (Fsp3) is 0.800. The first-order valence-electron chi connectivity index (χ1n) is 4.57. The summed E-state index contributed by atoms with van der Waals surface area (Å²) in [5.41, 5.74) is 0. The van der Waals surface area contributed by atoms with Crippen LogP contribution in [0.5, 0.6) is 0 Å². The highest BCUT2D eigenvalue weighted by Gasteiger charge is 2.15. The maximum absolute atomic E-state index is 11.4. The summed E-state index contributed by atoms with van der Waals surface area (Å²) >= 11 is 0. The average molecular weight is 170 g/mol. The van der Waals surface area contributed by atoms with Crippen LogP contribution in [0, 0.1) is 12.8 Å². The molecule has 0 aromatic rings. The van der Waals surface area contributed by atoms with Gasteiger partial charge >= 0.3 is 0 Å². The summed E-state index contributed by atoms with van der Waals surface area (Å²) in [6.45, 7) is 12.8. The predicted octanol–water partition coefficient (Wildman–Crippen LogP) is 2.10. The number of hydrogen-bond acceptors (Lipinski definition) is 1. The van der Waals surface area contributed by atoms with Crippen molar-refractivity contribution >= 4 is 5.91 Å². The first-order chi connectivity index (χ1) is 5.49. The second-order valence-corrected chi connectivity index (χ2v) is 3.78. The lowest BCUT2D eigenvalue weighted by molar-refractivity contribution is -0.132. The van der Waals surface area contributed by atoms with Gasteiger partial charge in [0.15, 0.2) is 0 Å². The average Bonchev–Trinajstić information content (AvgIpc) is 1.98. The summed E-state index contributed by atoms with van der Waals surface area (Å²) in [7, 11) is 0. The van der Waals surface area contributed by atoms with Gasteiger partial charge in [0.2, 0.25) is 5.91 Å². The zero-order valence-electron chi connectivity index (χ0n) is 8.63. The van der Waals surface area contributed by atoms with E-state index in [2.05, 4.69) is 20.8 Å². The number of carbonyl (C=O) groups is 1. The van der Waals surface area contributed by atoms with Gasteiger partial charge in [-0.05, 0) is 26.7 Å². The Balaban J connectivity index is 4.13. The van der Waals surface area contributed by atoms with Crippen LogP contribution in [0.2, 0.25) is 0 Å². The number of rotatable bonds is 4. The van der Waals surface area contributed by atoms with E-state index in [1.54, 1.807) is 0 Å². The minimum absolute atomic E-state index is 0.152. The van der Waals surface area contributed by atoms with Crippen molar-refractivity contribution in [3.8, 4) is 0 Å². The molecule has 0 fully saturated rings. The fourth-order valence-corrected chi connectivity index (χ4v) is 1.14. The van der Waals surface area contributed by atoms with Crippen LogP contribution in [0.3, 0.4) is 0 Å². The van der Waals surface area contributed by atoms with Crippen molar-refractivity contribution in [2.75, 3.05) is 6.54 Å². The molecule has 71 valence electrons. The summed E-state index contributed by atoms with van der Waals surface area (Å²) < 4.78 is 0. The molecule has 0 aliphatic heterocycles. The molecule has 12 heavy (non-hydrogen) atoms. The van der Waals surface area contributed by atoms with Crippen LogP contribution in [-0.4, -0.2) is 23.4 Å². The SMILES string of the molecule is [CH2]CC(=O)N(CC(C)C)C(C)C. The van der Waals surface area contributed by atoms with Crippen molar-refractivity contribution in [2.45, 2.75) is 40.2 Å². The van der Waals surface area contributed by atoms with Crippen molar-refractivity contribution in [1.29, 1.82) is 0 Å². The van der Waals surface area contributed by atoms with E-state index in [1.807, 2.05) is 18.7 Å². The van der Waals surface area contributed by atoms with Crippen LogP contribution in [0.4, 0.5) is 0 Å². The highest BCUT2D eigenvalue weighted by molar-refractivity contribution is 5.76. The van der Waals surface area contributed by atoms with Gasteiger partial charge in [-0.25, -0.2) is 0 Å². The molecule has 0 unspecified atom stereocenters. The molecule has 2 nitrogen and oxygen atoms in total. The second-order valence-electron chi connectivity index (χ2n) is 3.78. The van der Waals surface area contributed by atoms with Crippen LogP contribution in [0.1, 0.15) is 34.1 Å². The van der Waals surface area contributed by atoms with E-state index in [1.165, 1.54) is 0 Å². The first-order valence-corrected chi connectivity index (χ1v) is 4.57. The number of carbonyl (C=O) groups excluding carboxylic acids is 1. The summed E-state index contributed by atoms with van der Waals surface area (Å²) in [6, 6.07) is 0.293. The Kier molecular flexibility index (Phi) is 4.95. The molecule has 0 aliphatic rings. The Morgan fingerprint density at radius 2 is 1.83 bits per heavy atom. The van der Waals surface area contributed by atoms with Crippen LogP contribution in [0.15, 0.2) is 0 Å². The maximum Gasteiger partial charge on any atom is 0.222 e. The molecule has 0 bridgehead atoms. The van der Waals surface area contributed by atoms with Crippen molar-refractivity contribution < 1.29 is 4.79 Å². The van der Waals surface area contributed by atoms with Crippen molar-refractivity contribution in [3.63, 3.8) is 0 Å². The molecule has 0 atom stereocenters. The summed E-state index contributed by atoms with van der Waals surface area (Å²) in [5.74, 6) is 0.682. The predicted molar refractivity (Wildman–Crippen MR) is 51.7 cm³/mol. The molecule has 1 radical (unpaired) electrons. The van der Waals surface area contributed by atoms with Gasteiger partial charge in [-0.3, -0.25) is 4.79 Å². The number of hydrogen-bond donors (Lipinski definition) is 0. The first kappa shape index (κ1) is 11.5. The van der Waals surface area contributed by atoms with Crippen molar-refractivity contribution in [2.24, 2.45) is 5.92 Å².